The molecule has 20 heavy (non-hydrogen) atoms. The van der Waals surface area contributed by atoms with Gasteiger partial charge in [0.25, 0.3) is 0 Å². The lowest BCUT2D eigenvalue weighted by Crippen LogP contribution is -2.43. The van der Waals surface area contributed by atoms with Crippen LogP contribution in [0.15, 0.2) is 0 Å². The Morgan fingerprint density at radius 3 is 2.45 bits per heavy atom. The Balaban J connectivity index is 2.51. The molecular formula is C14H28BNO4. The van der Waals surface area contributed by atoms with Crippen LogP contribution in [0.5, 0.6) is 0 Å². The topological polar surface area (TPSA) is 89.8 Å². The Morgan fingerprint density at radius 1 is 1.30 bits per heavy atom. The molecule has 0 aliphatic heterocycles. The van der Waals surface area contributed by atoms with E-state index < -0.39 is 13.1 Å². The first kappa shape index (κ1) is 17.5. The largest absolute Gasteiger partial charge is 0.481 e. The maximum absolute atomic E-state index is 11.4. The highest BCUT2D eigenvalue weighted by Gasteiger charge is 2.35. The predicted octanol–water partition coefficient (Wildman–Crippen LogP) is 1.35. The fourth-order valence-corrected chi connectivity index (χ4v) is 2.95. The molecular weight excluding hydrogens is 257 g/mol. The average Bonchev–Trinajstić information content (AvgIpc) is 2.33. The van der Waals surface area contributed by atoms with Crippen molar-refractivity contribution in [3.63, 3.8) is 0 Å². The lowest BCUT2D eigenvalue weighted by molar-refractivity contribution is -0.145. The van der Waals surface area contributed by atoms with Crippen molar-refractivity contribution in [2.75, 3.05) is 6.54 Å². The number of aliphatic carboxylic acids is 1. The molecule has 5 nitrogen and oxygen atoms in total. The van der Waals surface area contributed by atoms with Crippen LogP contribution in [0.3, 0.4) is 0 Å². The Hall–Kier alpha value is -0.585. The summed E-state index contributed by atoms with van der Waals surface area (Å²) in [6.45, 7) is 6.97. The van der Waals surface area contributed by atoms with Gasteiger partial charge < -0.3 is 20.5 Å². The molecule has 0 unspecified atom stereocenters. The van der Waals surface area contributed by atoms with E-state index in [-0.39, 0.29) is 17.4 Å². The molecule has 1 saturated carbocycles. The summed E-state index contributed by atoms with van der Waals surface area (Å²) in [5.41, 5.74) is 0.000893. The second-order valence-corrected chi connectivity index (χ2v) is 7.07. The van der Waals surface area contributed by atoms with Crippen molar-refractivity contribution in [3.05, 3.63) is 0 Å². The quantitative estimate of drug-likeness (QED) is 0.553. The normalized spacial score (nSPS) is 27.4. The minimum Gasteiger partial charge on any atom is -0.481 e. The highest BCUT2D eigenvalue weighted by Crippen LogP contribution is 2.36. The van der Waals surface area contributed by atoms with E-state index in [0.717, 1.165) is 19.4 Å². The van der Waals surface area contributed by atoms with Gasteiger partial charge in [0.15, 0.2) is 0 Å². The summed E-state index contributed by atoms with van der Waals surface area (Å²) >= 11 is 0. The predicted molar refractivity (Wildman–Crippen MR) is 79.3 cm³/mol. The smallest absolute Gasteiger partial charge is 0.451 e. The molecule has 0 aromatic carbocycles. The van der Waals surface area contributed by atoms with Crippen molar-refractivity contribution >= 4 is 13.1 Å². The molecule has 4 N–H and O–H groups in total. The van der Waals surface area contributed by atoms with E-state index in [1.807, 2.05) is 0 Å². The number of hydrogen-bond acceptors (Lipinski definition) is 4. The fraction of sp³-hybridized carbons (Fsp3) is 0.929. The molecule has 6 heteroatoms. The van der Waals surface area contributed by atoms with E-state index in [2.05, 4.69) is 26.1 Å². The first-order valence-corrected chi connectivity index (χ1v) is 7.53. The molecule has 0 amide bonds. The SMILES string of the molecule is CC(C)(C)NC[C@@H]1CC[C@@H](CCB(O)O)C[C@@H]1C(=O)O. The molecule has 0 saturated heterocycles. The van der Waals surface area contributed by atoms with Gasteiger partial charge in [-0.1, -0.05) is 12.8 Å². The van der Waals surface area contributed by atoms with E-state index >= 15 is 0 Å². The summed E-state index contributed by atoms with van der Waals surface area (Å²) in [6.07, 6.45) is 3.56. The molecule has 1 rings (SSSR count). The lowest BCUT2D eigenvalue weighted by Gasteiger charge is -2.35. The minimum atomic E-state index is -1.28. The third kappa shape index (κ3) is 6.24. The van der Waals surface area contributed by atoms with Gasteiger partial charge in [0.1, 0.15) is 0 Å². The summed E-state index contributed by atoms with van der Waals surface area (Å²) in [6, 6.07) is 0. The van der Waals surface area contributed by atoms with Gasteiger partial charge in [-0.05, 0) is 58.3 Å². The molecule has 3 atom stereocenters. The monoisotopic (exact) mass is 285 g/mol. The van der Waals surface area contributed by atoms with Crippen LogP contribution in [-0.4, -0.2) is 40.3 Å². The highest BCUT2D eigenvalue weighted by molar-refractivity contribution is 6.40. The summed E-state index contributed by atoms with van der Waals surface area (Å²) < 4.78 is 0. The van der Waals surface area contributed by atoms with E-state index in [1.165, 1.54) is 0 Å². The van der Waals surface area contributed by atoms with Crippen LogP contribution in [0.1, 0.15) is 46.5 Å². The zero-order valence-corrected chi connectivity index (χ0v) is 12.8. The van der Waals surface area contributed by atoms with Gasteiger partial charge in [0, 0.05) is 5.54 Å². The molecule has 116 valence electrons. The van der Waals surface area contributed by atoms with E-state index in [9.17, 15) is 9.90 Å². The zero-order chi connectivity index (χ0) is 15.3. The Morgan fingerprint density at radius 2 is 1.95 bits per heavy atom. The first-order valence-electron chi connectivity index (χ1n) is 7.53. The van der Waals surface area contributed by atoms with Gasteiger partial charge in [-0.15, -0.1) is 0 Å². The Kier molecular flexibility index (Phi) is 6.49. The number of carboxylic acids is 1. The van der Waals surface area contributed by atoms with E-state index in [0.29, 0.717) is 25.1 Å². The molecule has 0 bridgehead atoms. The van der Waals surface area contributed by atoms with Gasteiger partial charge >= 0.3 is 13.1 Å². The van der Waals surface area contributed by atoms with Gasteiger partial charge in [0.2, 0.25) is 0 Å². The van der Waals surface area contributed by atoms with Crippen LogP contribution in [0.25, 0.3) is 0 Å². The summed E-state index contributed by atoms with van der Waals surface area (Å²) in [5, 5.41) is 30.6. The molecule has 0 heterocycles. The number of carbonyl (C=O) groups is 1. The van der Waals surface area contributed by atoms with Crippen LogP contribution in [0.4, 0.5) is 0 Å². The number of carboxylic acid groups (broad SMARTS) is 1. The molecule has 1 fully saturated rings. The second-order valence-electron chi connectivity index (χ2n) is 7.07. The summed E-state index contributed by atoms with van der Waals surface area (Å²) in [5.74, 6) is -0.579. The van der Waals surface area contributed by atoms with Crippen LogP contribution < -0.4 is 5.32 Å². The zero-order valence-electron chi connectivity index (χ0n) is 12.8. The van der Waals surface area contributed by atoms with Crippen molar-refractivity contribution in [1.82, 2.24) is 5.32 Å². The second kappa shape index (κ2) is 7.43. The van der Waals surface area contributed by atoms with Crippen molar-refractivity contribution < 1.29 is 19.9 Å². The highest BCUT2D eigenvalue weighted by atomic mass is 16.4. The Bertz CT molecular complexity index is 317. The van der Waals surface area contributed by atoms with Crippen molar-refractivity contribution in [1.29, 1.82) is 0 Å². The standard InChI is InChI=1S/C14H28BNO4/c1-14(2,3)16-9-11-5-4-10(6-7-15(19)20)8-12(11)13(17)18/h10-12,16,19-20H,4-9H2,1-3H3,(H,17,18)/t10-,11-,12-/m0/s1. The average molecular weight is 285 g/mol. The molecule has 1 aliphatic carbocycles. The van der Waals surface area contributed by atoms with Crippen molar-refractivity contribution in [3.8, 4) is 0 Å². The molecule has 0 spiro atoms. The molecule has 0 radical (unpaired) electrons. The molecule has 1 aliphatic rings. The number of rotatable bonds is 6. The maximum atomic E-state index is 11.4. The van der Waals surface area contributed by atoms with Crippen LogP contribution in [0.2, 0.25) is 6.32 Å². The van der Waals surface area contributed by atoms with Crippen LogP contribution >= 0.6 is 0 Å². The third-order valence-electron chi connectivity index (χ3n) is 4.15. The summed E-state index contributed by atoms with van der Waals surface area (Å²) in [4.78, 5) is 11.4. The molecule has 0 aromatic rings. The first-order chi connectivity index (χ1) is 9.19. The number of hydrogen-bond donors (Lipinski definition) is 4. The van der Waals surface area contributed by atoms with Crippen molar-refractivity contribution in [2.45, 2.75) is 58.3 Å². The van der Waals surface area contributed by atoms with Crippen LogP contribution in [0, 0.1) is 17.8 Å². The van der Waals surface area contributed by atoms with Gasteiger partial charge in [-0.3, -0.25) is 4.79 Å². The number of nitrogens with one attached hydrogen (secondary N) is 1. The third-order valence-corrected chi connectivity index (χ3v) is 4.15. The minimum absolute atomic E-state index is 0.000893. The lowest BCUT2D eigenvalue weighted by atomic mass is 9.70. The Labute approximate surface area is 121 Å². The van der Waals surface area contributed by atoms with Gasteiger partial charge in [-0.2, -0.15) is 0 Å². The van der Waals surface area contributed by atoms with Crippen LogP contribution in [-0.2, 0) is 4.79 Å². The van der Waals surface area contributed by atoms with Gasteiger partial charge in [-0.25, -0.2) is 0 Å². The van der Waals surface area contributed by atoms with Gasteiger partial charge in [0.05, 0.1) is 5.92 Å². The fourth-order valence-electron chi connectivity index (χ4n) is 2.95. The maximum Gasteiger partial charge on any atom is 0.451 e. The van der Waals surface area contributed by atoms with E-state index in [1.54, 1.807) is 0 Å². The molecule has 0 aromatic heterocycles. The van der Waals surface area contributed by atoms with E-state index in [4.69, 9.17) is 10.0 Å². The van der Waals surface area contributed by atoms with Crippen molar-refractivity contribution in [2.24, 2.45) is 17.8 Å². The summed E-state index contributed by atoms with van der Waals surface area (Å²) in [7, 11) is -1.28.